The van der Waals surface area contributed by atoms with E-state index in [0.717, 1.165) is 24.4 Å². The number of thioether (sulfide) groups is 1. The number of nitrogens with one attached hydrogen (secondary N) is 1. The molecule has 0 aromatic heterocycles. The first-order valence-corrected chi connectivity index (χ1v) is 9.95. The summed E-state index contributed by atoms with van der Waals surface area (Å²) in [6.45, 7) is 9.47. The lowest BCUT2D eigenvalue weighted by molar-refractivity contribution is -0.130. The molecule has 1 aromatic carbocycles. The third-order valence-corrected chi connectivity index (χ3v) is 5.49. The summed E-state index contributed by atoms with van der Waals surface area (Å²) < 4.78 is 0. The summed E-state index contributed by atoms with van der Waals surface area (Å²) >= 11 is 1.58. The molecule has 0 aliphatic carbocycles. The van der Waals surface area contributed by atoms with Crippen LogP contribution in [0.4, 0.5) is 0 Å². The van der Waals surface area contributed by atoms with E-state index in [1.54, 1.807) is 11.8 Å². The van der Waals surface area contributed by atoms with Crippen LogP contribution in [-0.4, -0.2) is 66.1 Å². The Morgan fingerprint density at radius 3 is 2.40 bits per heavy atom. The molecule has 5 nitrogen and oxygen atoms in total. The quantitative estimate of drug-likeness (QED) is 0.754. The summed E-state index contributed by atoms with van der Waals surface area (Å²) in [5, 5.41) is 2.99. The zero-order valence-electron chi connectivity index (χ0n) is 15.5. The van der Waals surface area contributed by atoms with Crippen molar-refractivity contribution >= 4 is 23.6 Å². The highest BCUT2D eigenvalue weighted by Crippen LogP contribution is 2.19. The maximum atomic E-state index is 12.4. The number of hydrogen-bond acceptors (Lipinski definition) is 4. The van der Waals surface area contributed by atoms with Crippen LogP contribution in [0, 0.1) is 6.92 Å². The van der Waals surface area contributed by atoms with E-state index < -0.39 is 0 Å². The van der Waals surface area contributed by atoms with Crippen molar-refractivity contribution in [3.63, 3.8) is 0 Å². The zero-order chi connectivity index (χ0) is 18.2. The predicted octanol–water partition coefficient (Wildman–Crippen LogP) is 2.15. The molecule has 1 N–H and O–H groups in total. The van der Waals surface area contributed by atoms with Crippen LogP contribution in [0.5, 0.6) is 0 Å². The highest BCUT2D eigenvalue weighted by molar-refractivity contribution is 8.00. The van der Waals surface area contributed by atoms with Crippen molar-refractivity contribution in [2.24, 2.45) is 0 Å². The van der Waals surface area contributed by atoms with E-state index in [1.165, 1.54) is 5.56 Å². The zero-order valence-corrected chi connectivity index (χ0v) is 16.3. The summed E-state index contributed by atoms with van der Waals surface area (Å²) in [4.78, 5) is 29.5. The fourth-order valence-electron chi connectivity index (χ4n) is 2.65. The Hall–Kier alpha value is -1.53. The summed E-state index contributed by atoms with van der Waals surface area (Å²) in [7, 11) is 0. The molecule has 1 saturated heterocycles. The smallest absolute Gasteiger partial charge is 0.234 e. The van der Waals surface area contributed by atoms with Crippen LogP contribution in [0.1, 0.15) is 25.8 Å². The Morgan fingerprint density at radius 2 is 1.80 bits per heavy atom. The van der Waals surface area contributed by atoms with Crippen molar-refractivity contribution in [2.75, 3.05) is 38.5 Å². The topological polar surface area (TPSA) is 52.7 Å². The van der Waals surface area contributed by atoms with Crippen LogP contribution in [0.15, 0.2) is 29.2 Å². The number of rotatable bonds is 7. The Bertz CT molecular complexity index is 569. The van der Waals surface area contributed by atoms with E-state index in [0.29, 0.717) is 25.4 Å². The predicted molar refractivity (Wildman–Crippen MR) is 103 cm³/mol. The van der Waals surface area contributed by atoms with Gasteiger partial charge < -0.3 is 10.2 Å². The third-order valence-electron chi connectivity index (χ3n) is 4.50. The van der Waals surface area contributed by atoms with Gasteiger partial charge in [-0.25, -0.2) is 0 Å². The molecule has 1 aliphatic heterocycles. The van der Waals surface area contributed by atoms with Gasteiger partial charge >= 0.3 is 0 Å². The van der Waals surface area contributed by atoms with Crippen molar-refractivity contribution in [1.82, 2.24) is 15.1 Å². The summed E-state index contributed by atoms with van der Waals surface area (Å²) in [5.74, 6) is 0.718. The van der Waals surface area contributed by atoms with E-state index in [-0.39, 0.29) is 17.9 Å². The molecule has 2 amide bonds. The van der Waals surface area contributed by atoms with Gasteiger partial charge in [-0.2, -0.15) is 0 Å². The summed E-state index contributed by atoms with van der Waals surface area (Å²) in [6, 6.07) is 8.46. The number of nitrogens with zero attached hydrogens (tertiary/aromatic N) is 2. The SMILES string of the molecule is CCC(C)NC(=O)CN1CCN(C(=O)CSc2ccc(C)cc2)CC1. The average molecular weight is 364 g/mol. The van der Waals surface area contributed by atoms with E-state index in [9.17, 15) is 9.59 Å². The molecule has 1 atom stereocenters. The average Bonchev–Trinajstić information content (AvgIpc) is 2.61. The Labute approximate surface area is 155 Å². The van der Waals surface area contributed by atoms with Gasteiger partial charge in [-0.1, -0.05) is 24.6 Å². The fourth-order valence-corrected chi connectivity index (χ4v) is 3.45. The fraction of sp³-hybridized carbons (Fsp3) is 0.579. The summed E-state index contributed by atoms with van der Waals surface area (Å²) in [6.07, 6.45) is 0.937. The van der Waals surface area contributed by atoms with Gasteiger partial charge in [-0.05, 0) is 32.4 Å². The van der Waals surface area contributed by atoms with Gasteiger partial charge in [0.25, 0.3) is 0 Å². The molecule has 138 valence electrons. The molecule has 1 aliphatic rings. The lowest BCUT2D eigenvalue weighted by Crippen LogP contribution is -2.52. The molecule has 0 saturated carbocycles. The molecule has 2 rings (SSSR count). The van der Waals surface area contributed by atoms with Gasteiger partial charge in [0.05, 0.1) is 12.3 Å². The number of hydrogen-bond donors (Lipinski definition) is 1. The molecule has 0 radical (unpaired) electrons. The van der Waals surface area contributed by atoms with Crippen LogP contribution in [0.3, 0.4) is 0 Å². The highest BCUT2D eigenvalue weighted by atomic mass is 32.2. The van der Waals surface area contributed by atoms with Gasteiger partial charge in [0.2, 0.25) is 11.8 Å². The highest BCUT2D eigenvalue weighted by Gasteiger charge is 2.22. The number of piperazine rings is 1. The van der Waals surface area contributed by atoms with Crippen LogP contribution >= 0.6 is 11.8 Å². The molecule has 1 heterocycles. The van der Waals surface area contributed by atoms with Crippen molar-refractivity contribution in [1.29, 1.82) is 0 Å². The maximum absolute atomic E-state index is 12.4. The number of carbonyl (C=O) groups excluding carboxylic acids is 2. The second kappa shape index (κ2) is 9.82. The van der Waals surface area contributed by atoms with Crippen molar-refractivity contribution < 1.29 is 9.59 Å². The minimum absolute atomic E-state index is 0.0732. The molecule has 0 spiro atoms. The first-order valence-electron chi connectivity index (χ1n) is 8.97. The van der Waals surface area contributed by atoms with Crippen LogP contribution < -0.4 is 5.32 Å². The standard InChI is InChI=1S/C19H29N3O2S/c1-4-16(3)20-18(23)13-21-9-11-22(12-10-21)19(24)14-25-17-7-5-15(2)6-8-17/h5-8,16H,4,9-14H2,1-3H3,(H,20,23). The molecular formula is C19H29N3O2S. The van der Waals surface area contributed by atoms with Crippen molar-refractivity contribution in [3.05, 3.63) is 29.8 Å². The minimum Gasteiger partial charge on any atom is -0.353 e. The van der Waals surface area contributed by atoms with Gasteiger partial charge in [0, 0.05) is 37.1 Å². The molecule has 1 unspecified atom stereocenters. The maximum Gasteiger partial charge on any atom is 0.234 e. The number of benzene rings is 1. The monoisotopic (exact) mass is 363 g/mol. The van der Waals surface area contributed by atoms with Gasteiger partial charge in [-0.3, -0.25) is 14.5 Å². The van der Waals surface area contributed by atoms with E-state index in [1.807, 2.05) is 11.8 Å². The Kier molecular flexibility index (Phi) is 7.78. The largest absolute Gasteiger partial charge is 0.353 e. The molecule has 6 heteroatoms. The second-order valence-corrected chi connectivity index (χ2v) is 7.68. The second-order valence-electron chi connectivity index (χ2n) is 6.64. The van der Waals surface area contributed by atoms with E-state index >= 15 is 0 Å². The lowest BCUT2D eigenvalue weighted by atomic mass is 10.2. The van der Waals surface area contributed by atoms with Crippen LogP contribution in [0.2, 0.25) is 0 Å². The normalized spacial score (nSPS) is 16.5. The number of aryl methyl sites for hydroxylation is 1. The van der Waals surface area contributed by atoms with E-state index in [4.69, 9.17) is 0 Å². The first-order chi connectivity index (χ1) is 12.0. The number of carbonyl (C=O) groups is 2. The van der Waals surface area contributed by atoms with Gasteiger partial charge in [0.1, 0.15) is 0 Å². The Morgan fingerprint density at radius 1 is 1.16 bits per heavy atom. The molecular weight excluding hydrogens is 334 g/mol. The Balaban J connectivity index is 1.69. The van der Waals surface area contributed by atoms with E-state index in [2.05, 4.69) is 48.3 Å². The summed E-state index contributed by atoms with van der Waals surface area (Å²) in [5.41, 5.74) is 1.23. The minimum atomic E-state index is 0.0732. The molecule has 1 fully saturated rings. The van der Waals surface area contributed by atoms with Crippen molar-refractivity contribution in [3.8, 4) is 0 Å². The lowest BCUT2D eigenvalue weighted by Gasteiger charge is -2.34. The number of amides is 2. The first kappa shape index (κ1) is 19.8. The van der Waals surface area contributed by atoms with Gasteiger partial charge in [0.15, 0.2) is 0 Å². The third kappa shape index (κ3) is 6.71. The van der Waals surface area contributed by atoms with Gasteiger partial charge in [-0.15, -0.1) is 11.8 Å². The van der Waals surface area contributed by atoms with Crippen LogP contribution in [0.25, 0.3) is 0 Å². The molecule has 1 aromatic rings. The van der Waals surface area contributed by atoms with Crippen LogP contribution in [-0.2, 0) is 9.59 Å². The molecule has 0 bridgehead atoms. The van der Waals surface area contributed by atoms with Crippen molar-refractivity contribution in [2.45, 2.75) is 38.1 Å². The molecule has 25 heavy (non-hydrogen) atoms.